The van der Waals surface area contributed by atoms with Gasteiger partial charge in [-0.3, -0.25) is 9.59 Å². The van der Waals surface area contributed by atoms with Gasteiger partial charge in [0.25, 0.3) is 0 Å². The van der Waals surface area contributed by atoms with Crippen LogP contribution in [0.15, 0.2) is 18.2 Å². The van der Waals surface area contributed by atoms with Crippen LogP contribution < -0.4 is 4.74 Å². The minimum Gasteiger partial charge on any atom is -0.496 e. The first-order valence-corrected chi connectivity index (χ1v) is 7.31. The van der Waals surface area contributed by atoms with Crippen molar-refractivity contribution in [3.8, 4) is 5.75 Å². The second kappa shape index (κ2) is 8.56. The molecule has 0 unspecified atom stereocenters. The Hall–Kier alpha value is -2.25. The molecule has 0 fully saturated rings. The summed E-state index contributed by atoms with van der Waals surface area (Å²) < 4.78 is 52.9. The van der Waals surface area contributed by atoms with Crippen LogP contribution in [0.5, 0.6) is 5.75 Å². The van der Waals surface area contributed by atoms with Gasteiger partial charge < -0.3 is 14.2 Å². The van der Waals surface area contributed by atoms with Crippen molar-refractivity contribution < 1.29 is 37.0 Å². The highest BCUT2D eigenvalue weighted by Crippen LogP contribution is 2.34. The number of halogens is 3. The summed E-state index contributed by atoms with van der Waals surface area (Å²) in [6, 6.07) is 2.86. The van der Waals surface area contributed by atoms with E-state index in [1.54, 1.807) is 13.8 Å². The Balaban J connectivity index is 3.13. The van der Waals surface area contributed by atoms with Crippen molar-refractivity contribution >= 4 is 11.9 Å². The van der Waals surface area contributed by atoms with Gasteiger partial charge in [-0.05, 0) is 38.0 Å². The molecular weight excluding hydrogens is 329 g/mol. The summed E-state index contributed by atoms with van der Waals surface area (Å²) in [6.07, 6.45) is -4.70. The highest BCUT2D eigenvalue weighted by atomic mass is 19.4. The molecule has 0 saturated heterocycles. The van der Waals surface area contributed by atoms with Crippen LogP contribution in [-0.2, 0) is 31.7 Å². The van der Waals surface area contributed by atoms with E-state index in [1.165, 1.54) is 13.2 Å². The van der Waals surface area contributed by atoms with Gasteiger partial charge >= 0.3 is 18.1 Å². The number of hydrogen-bond donors (Lipinski definition) is 0. The van der Waals surface area contributed by atoms with Gasteiger partial charge in [-0.1, -0.05) is 6.07 Å². The average Bonchev–Trinajstić information content (AvgIpc) is 2.51. The second-order valence-corrected chi connectivity index (χ2v) is 4.79. The topological polar surface area (TPSA) is 61.8 Å². The molecule has 0 aromatic heterocycles. The van der Waals surface area contributed by atoms with Crippen molar-refractivity contribution in [1.29, 1.82) is 0 Å². The van der Waals surface area contributed by atoms with Crippen LogP contribution in [0.2, 0.25) is 0 Å². The Morgan fingerprint density at radius 3 is 2.04 bits per heavy atom. The molecule has 0 bridgehead atoms. The standard InChI is InChI=1S/C16H19F3O5/c1-4-23-14(20)12(15(21)24-5-2)8-10-6-7-11(16(17,18)19)9-13(10)22-3/h6-7,9,12H,4-5,8H2,1-3H3. The van der Waals surface area contributed by atoms with Crippen molar-refractivity contribution in [3.05, 3.63) is 29.3 Å². The molecule has 0 atom stereocenters. The zero-order chi connectivity index (χ0) is 18.3. The molecule has 1 aromatic carbocycles. The fourth-order valence-corrected chi connectivity index (χ4v) is 2.06. The molecule has 0 amide bonds. The molecule has 24 heavy (non-hydrogen) atoms. The third-order valence-corrected chi connectivity index (χ3v) is 3.18. The number of carbonyl (C=O) groups is 2. The van der Waals surface area contributed by atoms with Gasteiger partial charge in [0.1, 0.15) is 5.75 Å². The van der Waals surface area contributed by atoms with Gasteiger partial charge in [0, 0.05) is 0 Å². The molecule has 0 heterocycles. The van der Waals surface area contributed by atoms with Crippen LogP contribution in [0.4, 0.5) is 13.2 Å². The summed E-state index contributed by atoms with van der Waals surface area (Å²) in [4.78, 5) is 23.9. The van der Waals surface area contributed by atoms with Crippen molar-refractivity contribution in [2.24, 2.45) is 5.92 Å². The molecule has 0 N–H and O–H groups in total. The fourth-order valence-electron chi connectivity index (χ4n) is 2.06. The number of ether oxygens (including phenoxy) is 3. The Labute approximate surface area is 137 Å². The van der Waals surface area contributed by atoms with Gasteiger partial charge in [-0.25, -0.2) is 0 Å². The number of alkyl halides is 3. The second-order valence-electron chi connectivity index (χ2n) is 4.79. The van der Waals surface area contributed by atoms with E-state index < -0.39 is 29.6 Å². The predicted molar refractivity (Wildman–Crippen MR) is 78.5 cm³/mol. The molecule has 0 aliphatic carbocycles. The van der Waals surface area contributed by atoms with Crippen LogP contribution in [0.1, 0.15) is 25.0 Å². The quantitative estimate of drug-likeness (QED) is 0.560. The van der Waals surface area contributed by atoms with Gasteiger partial charge in [0.2, 0.25) is 0 Å². The van der Waals surface area contributed by atoms with Gasteiger partial charge in [0.05, 0.1) is 25.9 Å². The first-order chi connectivity index (χ1) is 11.2. The molecule has 0 spiro atoms. The van der Waals surface area contributed by atoms with E-state index in [1.807, 2.05) is 0 Å². The molecule has 0 aliphatic rings. The number of esters is 2. The summed E-state index contributed by atoms with van der Waals surface area (Å²) in [5, 5.41) is 0. The zero-order valence-electron chi connectivity index (χ0n) is 13.6. The minimum absolute atomic E-state index is 0.0663. The Bertz CT molecular complexity index is 566. The number of benzene rings is 1. The molecule has 5 nitrogen and oxygen atoms in total. The number of rotatable bonds is 7. The maximum atomic E-state index is 12.8. The third-order valence-electron chi connectivity index (χ3n) is 3.18. The summed E-state index contributed by atoms with van der Waals surface area (Å²) >= 11 is 0. The monoisotopic (exact) mass is 348 g/mol. The number of hydrogen-bond acceptors (Lipinski definition) is 5. The lowest BCUT2D eigenvalue weighted by atomic mass is 9.97. The molecule has 0 aliphatic heterocycles. The minimum atomic E-state index is -4.52. The fraction of sp³-hybridized carbons (Fsp3) is 0.500. The van der Waals surface area contributed by atoms with Crippen LogP contribution in [-0.4, -0.2) is 32.3 Å². The van der Waals surface area contributed by atoms with Crippen LogP contribution >= 0.6 is 0 Å². The van der Waals surface area contributed by atoms with E-state index in [0.29, 0.717) is 0 Å². The van der Waals surface area contributed by atoms with E-state index in [9.17, 15) is 22.8 Å². The predicted octanol–water partition coefficient (Wildman–Crippen LogP) is 3.00. The first-order valence-electron chi connectivity index (χ1n) is 7.31. The smallest absolute Gasteiger partial charge is 0.416 e. The summed E-state index contributed by atoms with van der Waals surface area (Å²) in [7, 11) is 1.21. The van der Waals surface area contributed by atoms with E-state index in [-0.39, 0.29) is 30.9 Å². The molecular formula is C16H19F3O5. The normalized spacial score (nSPS) is 11.3. The summed E-state index contributed by atoms with van der Waals surface area (Å²) in [5.41, 5.74) is -0.608. The molecule has 1 rings (SSSR count). The first kappa shape index (κ1) is 19.8. The van der Waals surface area contributed by atoms with Gasteiger partial charge in [-0.15, -0.1) is 0 Å². The van der Waals surface area contributed by atoms with Crippen LogP contribution in [0, 0.1) is 5.92 Å². The van der Waals surface area contributed by atoms with Crippen LogP contribution in [0.3, 0.4) is 0 Å². The Morgan fingerprint density at radius 1 is 1.08 bits per heavy atom. The summed E-state index contributed by atoms with van der Waals surface area (Å²) in [6.45, 7) is 3.30. The molecule has 0 radical (unpaired) electrons. The lowest BCUT2D eigenvalue weighted by Gasteiger charge is -2.17. The third kappa shape index (κ3) is 5.14. The van der Waals surface area contributed by atoms with Crippen molar-refractivity contribution in [1.82, 2.24) is 0 Å². The molecule has 134 valence electrons. The maximum Gasteiger partial charge on any atom is 0.416 e. The lowest BCUT2D eigenvalue weighted by Crippen LogP contribution is -2.30. The van der Waals surface area contributed by atoms with Gasteiger partial charge in [0.15, 0.2) is 5.92 Å². The molecule has 1 aromatic rings. The number of carbonyl (C=O) groups excluding carboxylic acids is 2. The Kier molecular flexibility index (Phi) is 7.06. The van der Waals surface area contributed by atoms with Crippen molar-refractivity contribution in [3.63, 3.8) is 0 Å². The van der Waals surface area contributed by atoms with E-state index >= 15 is 0 Å². The number of methoxy groups -OCH3 is 1. The lowest BCUT2D eigenvalue weighted by molar-refractivity contribution is -0.161. The highest BCUT2D eigenvalue weighted by molar-refractivity contribution is 5.95. The maximum absolute atomic E-state index is 12.8. The summed E-state index contributed by atoms with van der Waals surface area (Å²) in [5.74, 6) is -2.92. The largest absolute Gasteiger partial charge is 0.496 e. The average molecular weight is 348 g/mol. The van der Waals surface area contributed by atoms with Crippen LogP contribution in [0.25, 0.3) is 0 Å². The van der Waals surface area contributed by atoms with E-state index in [2.05, 4.69) is 0 Å². The van der Waals surface area contributed by atoms with Gasteiger partial charge in [-0.2, -0.15) is 13.2 Å². The van der Waals surface area contributed by atoms with Crippen molar-refractivity contribution in [2.75, 3.05) is 20.3 Å². The molecule has 8 heteroatoms. The SMILES string of the molecule is CCOC(=O)C(Cc1ccc(C(F)(F)F)cc1OC)C(=O)OCC. The molecule has 0 saturated carbocycles. The van der Waals surface area contributed by atoms with E-state index in [4.69, 9.17) is 14.2 Å². The highest BCUT2D eigenvalue weighted by Gasteiger charge is 2.33. The zero-order valence-corrected chi connectivity index (χ0v) is 13.6. The van der Waals surface area contributed by atoms with E-state index in [0.717, 1.165) is 12.1 Å². The Morgan fingerprint density at radius 2 is 1.62 bits per heavy atom. The van der Waals surface area contributed by atoms with Crippen molar-refractivity contribution in [2.45, 2.75) is 26.4 Å².